The minimum atomic E-state index is -3.85. The molecule has 0 radical (unpaired) electrons. The summed E-state index contributed by atoms with van der Waals surface area (Å²) in [5.74, 6) is -0.741. The summed E-state index contributed by atoms with van der Waals surface area (Å²) >= 11 is 0. The number of benzene rings is 1. The minimum Gasteiger partial charge on any atom is -0.495 e. The van der Waals surface area contributed by atoms with E-state index >= 15 is 0 Å². The SMILES string of the molecule is COc1ccc(C(=O)NCC(=O)NC(C)(C)C)cc1S(=O)(=O)N1CCOCC1. The van der Waals surface area contributed by atoms with Crippen LogP contribution in [0, 0.1) is 0 Å². The molecule has 0 aliphatic carbocycles. The molecular formula is C18H27N3O6S. The Balaban J connectivity index is 2.19. The van der Waals surface area contributed by atoms with Gasteiger partial charge in [0.15, 0.2) is 0 Å². The number of nitrogens with zero attached hydrogens (tertiary/aromatic N) is 1. The van der Waals surface area contributed by atoms with Gasteiger partial charge in [-0.1, -0.05) is 0 Å². The highest BCUT2D eigenvalue weighted by molar-refractivity contribution is 7.89. The van der Waals surface area contributed by atoms with Crippen LogP contribution in [0.5, 0.6) is 5.75 Å². The number of hydrogen-bond donors (Lipinski definition) is 2. The van der Waals surface area contributed by atoms with Crippen molar-refractivity contribution in [3.63, 3.8) is 0 Å². The largest absolute Gasteiger partial charge is 0.495 e. The van der Waals surface area contributed by atoms with Gasteiger partial charge in [-0.2, -0.15) is 4.31 Å². The van der Waals surface area contributed by atoms with Gasteiger partial charge in [0.25, 0.3) is 5.91 Å². The molecule has 10 heteroatoms. The molecule has 2 rings (SSSR count). The third-order valence-corrected chi connectivity index (χ3v) is 5.86. The normalized spacial score (nSPS) is 15.7. The Hall–Kier alpha value is -2.17. The number of ether oxygens (including phenoxy) is 2. The molecule has 2 N–H and O–H groups in total. The molecule has 28 heavy (non-hydrogen) atoms. The molecule has 1 aromatic carbocycles. The van der Waals surface area contributed by atoms with E-state index in [0.717, 1.165) is 0 Å². The van der Waals surface area contributed by atoms with Crippen LogP contribution in [-0.2, 0) is 19.6 Å². The zero-order valence-electron chi connectivity index (χ0n) is 16.6. The van der Waals surface area contributed by atoms with Gasteiger partial charge in [-0.05, 0) is 39.0 Å². The highest BCUT2D eigenvalue weighted by Crippen LogP contribution is 2.28. The van der Waals surface area contributed by atoms with Crippen LogP contribution in [0.4, 0.5) is 0 Å². The van der Waals surface area contributed by atoms with Crippen LogP contribution >= 0.6 is 0 Å². The van der Waals surface area contributed by atoms with E-state index in [4.69, 9.17) is 9.47 Å². The van der Waals surface area contributed by atoms with Crippen molar-refractivity contribution in [3.05, 3.63) is 23.8 Å². The maximum atomic E-state index is 13.0. The van der Waals surface area contributed by atoms with Gasteiger partial charge in [-0.25, -0.2) is 8.42 Å². The first kappa shape index (κ1) is 22.1. The van der Waals surface area contributed by atoms with Crippen LogP contribution in [0.3, 0.4) is 0 Å². The third-order valence-electron chi connectivity index (χ3n) is 3.94. The van der Waals surface area contributed by atoms with Crippen molar-refractivity contribution in [2.75, 3.05) is 40.0 Å². The van der Waals surface area contributed by atoms with E-state index in [2.05, 4.69) is 10.6 Å². The second kappa shape index (κ2) is 8.89. The molecule has 1 fully saturated rings. The molecule has 1 saturated heterocycles. The molecule has 0 bridgehead atoms. The van der Waals surface area contributed by atoms with E-state index in [-0.39, 0.29) is 41.7 Å². The van der Waals surface area contributed by atoms with E-state index in [9.17, 15) is 18.0 Å². The van der Waals surface area contributed by atoms with Crippen molar-refractivity contribution in [1.82, 2.24) is 14.9 Å². The Morgan fingerprint density at radius 1 is 1.21 bits per heavy atom. The monoisotopic (exact) mass is 413 g/mol. The van der Waals surface area contributed by atoms with E-state index in [0.29, 0.717) is 13.2 Å². The fourth-order valence-electron chi connectivity index (χ4n) is 2.67. The van der Waals surface area contributed by atoms with Crippen molar-refractivity contribution in [2.45, 2.75) is 31.2 Å². The summed E-state index contributed by atoms with van der Waals surface area (Å²) < 4.78 is 37.6. The summed E-state index contributed by atoms with van der Waals surface area (Å²) in [6.45, 7) is 6.36. The topological polar surface area (TPSA) is 114 Å². The quantitative estimate of drug-likeness (QED) is 0.696. The number of carbonyl (C=O) groups excluding carboxylic acids is 2. The lowest BCUT2D eigenvalue weighted by Crippen LogP contribution is -2.45. The maximum absolute atomic E-state index is 13.0. The molecular weight excluding hydrogens is 386 g/mol. The Morgan fingerprint density at radius 2 is 1.86 bits per heavy atom. The maximum Gasteiger partial charge on any atom is 0.251 e. The fourth-order valence-corrected chi connectivity index (χ4v) is 4.26. The van der Waals surface area contributed by atoms with Crippen molar-refractivity contribution in [1.29, 1.82) is 0 Å². The van der Waals surface area contributed by atoms with Gasteiger partial charge in [-0.15, -0.1) is 0 Å². The Labute approximate surface area is 165 Å². The first-order valence-electron chi connectivity index (χ1n) is 8.90. The van der Waals surface area contributed by atoms with Crippen LogP contribution in [0.15, 0.2) is 23.1 Å². The average Bonchev–Trinajstić information content (AvgIpc) is 2.65. The fraction of sp³-hybridized carbons (Fsp3) is 0.556. The first-order chi connectivity index (χ1) is 13.0. The number of sulfonamides is 1. The predicted octanol–water partition coefficient (Wildman–Crippen LogP) is 0.361. The Morgan fingerprint density at radius 3 is 2.43 bits per heavy atom. The van der Waals surface area contributed by atoms with E-state index in [1.807, 2.05) is 20.8 Å². The number of morpholine rings is 1. The molecule has 156 valence electrons. The van der Waals surface area contributed by atoms with E-state index in [1.54, 1.807) is 0 Å². The molecule has 0 spiro atoms. The minimum absolute atomic E-state index is 0.0938. The Bertz CT molecular complexity index is 826. The summed E-state index contributed by atoms with van der Waals surface area (Å²) in [7, 11) is -2.48. The van der Waals surface area contributed by atoms with E-state index in [1.165, 1.54) is 29.6 Å². The third kappa shape index (κ3) is 5.66. The lowest BCUT2D eigenvalue weighted by atomic mass is 10.1. The molecule has 0 aromatic heterocycles. The number of carbonyl (C=O) groups is 2. The van der Waals surface area contributed by atoms with Crippen LogP contribution in [0.1, 0.15) is 31.1 Å². The molecule has 0 saturated carbocycles. The highest BCUT2D eigenvalue weighted by Gasteiger charge is 2.30. The zero-order chi connectivity index (χ0) is 20.9. The van der Waals surface area contributed by atoms with Gasteiger partial charge in [0.2, 0.25) is 15.9 Å². The molecule has 0 unspecified atom stereocenters. The summed E-state index contributed by atoms with van der Waals surface area (Å²) in [5, 5.41) is 5.23. The molecule has 1 aromatic rings. The smallest absolute Gasteiger partial charge is 0.251 e. The number of nitrogens with one attached hydrogen (secondary N) is 2. The lowest BCUT2D eigenvalue weighted by Gasteiger charge is -2.26. The van der Waals surface area contributed by atoms with Gasteiger partial charge in [0, 0.05) is 24.2 Å². The molecule has 2 amide bonds. The Kier molecular flexibility index (Phi) is 7.02. The van der Waals surface area contributed by atoms with Crippen LogP contribution in [-0.4, -0.2) is 70.0 Å². The second-order valence-corrected chi connectivity index (χ2v) is 9.27. The molecule has 0 atom stereocenters. The van der Waals surface area contributed by atoms with Crippen LogP contribution in [0.25, 0.3) is 0 Å². The lowest BCUT2D eigenvalue weighted by molar-refractivity contribution is -0.121. The van der Waals surface area contributed by atoms with Gasteiger partial charge in [-0.3, -0.25) is 9.59 Å². The van der Waals surface area contributed by atoms with Gasteiger partial charge >= 0.3 is 0 Å². The van der Waals surface area contributed by atoms with Crippen LogP contribution in [0.2, 0.25) is 0 Å². The second-order valence-electron chi connectivity index (χ2n) is 7.36. The zero-order valence-corrected chi connectivity index (χ0v) is 17.4. The number of rotatable bonds is 6. The van der Waals surface area contributed by atoms with Gasteiger partial charge in [0.05, 0.1) is 26.9 Å². The van der Waals surface area contributed by atoms with Crippen molar-refractivity contribution >= 4 is 21.8 Å². The average molecular weight is 413 g/mol. The highest BCUT2D eigenvalue weighted by atomic mass is 32.2. The number of amides is 2. The van der Waals surface area contributed by atoms with Crippen molar-refractivity contribution in [2.24, 2.45) is 0 Å². The molecule has 1 aliphatic heterocycles. The summed E-state index contributed by atoms with van der Waals surface area (Å²) in [4.78, 5) is 24.2. The summed E-state index contributed by atoms with van der Waals surface area (Å²) in [6.07, 6.45) is 0. The number of hydrogen-bond acceptors (Lipinski definition) is 6. The summed E-state index contributed by atoms with van der Waals surface area (Å²) in [6, 6.07) is 4.15. The molecule has 9 nitrogen and oxygen atoms in total. The first-order valence-corrected chi connectivity index (χ1v) is 10.3. The van der Waals surface area contributed by atoms with E-state index < -0.39 is 21.5 Å². The van der Waals surface area contributed by atoms with Crippen molar-refractivity contribution < 1.29 is 27.5 Å². The van der Waals surface area contributed by atoms with Crippen LogP contribution < -0.4 is 15.4 Å². The summed E-state index contributed by atoms with van der Waals surface area (Å²) in [5.41, 5.74) is -0.294. The standard InChI is InChI=1S/C18H27N3O6S/c1-18(2,3)20-16(22)12-19-17(23)13-5-6-14(26-4)15(11-13)28(24,25)21-7-9-27-10-8-21/h5-6,11H,7-10,12H2,1-4H3,(H,19,23)(H,20,22). The van der Waals surface area contributed by atoms with Gasteiger partial charge in [0.1, 0.15) is 10.6 Å². The number of methoxy groups -OCH3 is 1. The van der Waals surface area contributed by atoms with Gasteiger partial charge < -0.3 is 20.1 Å². The molecule has 1 heterocycles. The van der Waals surface area contributed by atoms with Crippen molar-refractivity contribution in [3.8, 4) is 5.75 Å². The predicted molar refractivity (Wildman–Crippen MR) is 103 cm³/mol. The molecule has 1 aliphatic rings.